The second kappa shape index (κ2) is 8.71. The first-order valence-electron chi connectivity index (χ1n) is 8.81. The Morgan fingerprint density at radius 1 is 1.12 bits per heavy atom. The van der Waals surface area contributed by atoms with Crippen molar-refractivity contribution in [3.05, 3.63) is 34.9 Å². The largest absolute Gasteiger partial charge is 0.463 e. The maximum atomic E-state index is 11.9. The van der Waals surface area contributed by atoms with Crippen molar-refractivity contribution in [3.63, 3.8) is 0 Å². The predicted octanol–water partition coefficient (Wildman–Crippen LogP) is 3.27. The van der Waals surface area contributed by atoms with Gasteiger partial charge in [-0.1, -0.05) is 18.2 Å². The third-order valence-corrected chi connectivity index (χ3v) is 4.20. The van der Waals surface area contributed by atoms with Crippen LogP contribution in [0.2, 0.25) is 0 Å². The lowest BCUT2D eigenvalue weighted by Crippen LogP contribution is -2.38. The molecule has 0 spiro atoms. The second-order valence-electron chi connectivity index (χ2n) is 6.65. The van der Waals surface area contributed by atoms with Gasteiger partial charge in [-0.2, -0.15) is 0 Å². The molecule has 0 radical (unpaired) electrons. The Balaban J connectivity index is 1.78. The van der Waals surface area contributed by atoms with E-state index in [2.05, 4.69) is 28.8 Å². The maximum absolute atomic E-state index is 11.9. The Hall–Kier alpha value is -2.04. The van der Waals surface area contributed by atoms with Crippen LogP contribution in [0.15, 0.2) is 18.2 Å². The van der Waals surface area contributed by atoms with Gasteiger partial charge in [-0.25, -0.2) is 4.79 Å². The van der Waals surface area contributed by atoms with E-state index in [4.69, 9.17) is 4.74 Å². The number of benzene rings is 1. The number of rotatable bonds is 6. The first-order valence-corrected chi connectivity index (χ1v) is 8.81. The first kappa shape index (κ1) is 18.3. The third kappa shape index (κ3) is 5.55. The van der Waals surface area contributed by atoms with Gasteiger partial charge in [0, 0.05) is 6.54 Å². The standard InChI is InChI=1S/C19H28N2O3/c1-13(2)24-18(22)10-11-20-19(23)21-14(3)16-9-8-15-6-4-5-7-17(15)12-16/h8-9,12-14H,4-7,10-11H2,1-3H3,(H2,20,21,23). The number of nitrogens with one attached hydrogen (secondary N) is 2. The number of carbonyl (C=O) groups excluding carboxylic acids is 2. The van der Waals surface area contributed by atoms with E-state index in [0.29, 0.717) is 0 Å². The lowest BCUT2D eigenvalue weighted by molar-refractivity contribution is -0.147. The molecule has 0 saturated carbocycles. The van der Waals surface area contributed by atoms with Gasteiger partial charge in [-0.15, -0.1) is 0 Å². The van der Waals surface area contributed by atoms with Crippen LogP contribution in [0.1, 0.15) is 62.8 Å². The lowest BCUT2D eigenvalue weighted by Gasteiger charge is -2.20. The van der Waals surface area contributed by atoms with Crippen LogP contribution in [0.25, 0.3) is 0 Å². The first-order chi connectivity index (χ1) is 11.5. The van der Waals surface area contributed by atoms with Gasteiger partial charge in [0.25, 0.3) is 0 Å². The van der Waals surface area contributed by atoms with E-state index in [-0.39, 0.29) is 37.1 Å². The van der Waals surface area contributed by atoms with E-state index in [9.17, 15) is 9.59 Å². The van der Waals surface area contributed by atoms with Gasteiger partial charge in [0.2, 0.25) is 0 Å². The second-order valence-corrected chi connectivity index (χ2v) is 6.65. The summed E-state index contributed by atoms with van der Waals surface area (Å²) >= 11 is 0. The molecule has 0 heterocycles. The van der Waals surface area contributed by atoms with Crippen molar-refractivity contribution in [2.24, 2.45) is 0 Å². The van der Waals surface area contributed by atoms with Crippen LogP contribution in [0.3, 0.4) is 0 Å². The van der Waals surface area contributed by atoms with Crippen molar-refractivity contribution in [1.29, 1.82) is 0 Å². The van der Waals surface area contributed by atoms with E-state index < -0.39 is 0 Å². The van der Waals surface area contributed by atoms with Crippen molar-refractivity contribution in [1.82, 2.24) is 10.6 Å². The molecule has 1 aromatic carbocycles. The highest BCUT2D eigenvalue weighted by Gasteiger charge is 2.14. The molecule has 132 valence electrons. The van der Waals surface area contributed by atoms with E-state index >= 15 is 0 Å². The Bertz CT molecular complexity index is 584. The Morgan fingerprint density at radius 3 is 2.54 bits per heavy atom. The quantitative estimate of drug-likeness (QED) is 0.786. The van der Waals surface area contributed by atoms with Crippen LogP contribution in [-0.4, -0.2) is 24.6 Å². The zero-order valence-electron chi connectivity index (χ0n) is 14.9. The van der Waals surface area contributed by atoms with Crippen molar-refractivity contribution >= 4 is 12.0 Å². The number of hydrogen-bond acceptors (Lipinski definition) is 3. The van der Waals surface area contributed by atoms with Gasteiger partial charge >= 0.3 is 12.0 Å². The summed E-state index contributed by atoms with van der Waals surface area (Å²) in [5.74, 6) is -0.298. The SMILES string of the molecule is CC(C)OC(=O)CCNC(=O)NC(C)c1ccc2c(c1)CCCC2. The van der Waals surface area contributed by atoms with Crippen LogP contribution in [0, 0.1) is 0 Å². The molecule has 1 aliphatic carbocycles. The molecule has 2 N–H and O–H groups in total. The summed E-state index contributed by atoms with van der Waals surface area (Å²) in [5.41, 5.74) is 3.96. The zero-order chi connectivity index (χ0) is 17.5. The summed E-state index contributed by atoms with van der Waals surface area (Å²) in [6.07, 6.45) is 4.84. The number of fused-ring (bicyclic) bond motifs is 1. The minimum absolute atomic E-state index is 0.0696. The van der Waals surface area contributed by atoms with Gasteiger partial charge < -0.3 is 15.4 Å². The molecule has 5 nitrogen and oxygen atoms in total. The monoisotopic (exact) mass is 332 g/mol. The Kier molecular flexibility index (Phi) is 6.64. The molecule has 0 bridgehead atoms. The fourth-order valence-electron chi connectivity index (χ4n) is 2.95. The van der Waals surface area contributed by atoms with Gasteiger partial charge in [0.1, 0.15) is 0 Å². The average molecular weight is 332 g/mol. The number of carbonyl (C=O) groups is 2. The number of esters is 1. The smallest absolute Gasteiger partial charge is 0.315 e. The number of ether oxygens (including phenoxy) is 1. The fourth-order valence-corrected chi connectivity index (χ4v) is 2.95. The molecule has 0 aliphatic heterocycles. The van der Waals surface area contributed by atoms with Crippen molar-refractivity contribution in [2.75, 3.05) is 6.54 Å². The molecular formula is C19H28N2O3. The molecule has 2 rings (SSSR count). The average Bonchev–Trinajstić information content (AvgIpc) is 2.53. The highest BCUT2D eigenvalue weighted by atomic mass is 16.5. The van der Waals surface area contributed by atoms with Crippen LogP contribution >= 0.6 is 0 Å². The molecule has 1 atom stereocenters. The highest BCUT2D eigenvalue weighted by Crippen LogP contribution is 2.24. The van der Waals surface area contributed by atoms with Crippen molar-refractivity contribution in [3.8, 4) is 0 Å². The van der Waals surface area contributed by atoms with Gasteiger partial charge in [0.15, 0.2) is 0 Å². The lowest BCUT2D eigenvalue weighted by atomic mass is 9.89. The molecule has 1 aromatic rings. The summed E-state index contributed by atoms with van der Waals surface area (Å²) in [6, 6.07) is 6.15. The van der Waals surface area contributed by atoms with Gasteiger partial charge in [-0.3, -0.25) is 4.79 Å². The summed E-state index contributed by atoms with van der Waals surface area (Å²) in [6.45, 7) is 5.85. The Morgan fingerprint density at radius 2 is 1.83 bits per heavy atom. The summed E-state index contributed by atoms with van der Waals surface area (Å²) < 4.78 is 5.02. The fraction of sp³-hybridized carbons (Fsp3) is 0.579. The number of amides is 2. The third-order valence-electron chi connectivity index (χ3n) is 4.20. The van der Waals surface area contributed by atoms with Crippen molar-refractivity contribution in [2.45, 2.75) is 65.0 Å². The molecule has 0 aromatic heterocycles. The molecule has 24 heavy (non-hydrogen) atoms. The van der Waals surface area contributed by atoms with E-state index in [1.807, 2.05) is 6.92 Å². The molecule has 2 amide bonds. The summed E-state index contributed by atoms with van der Waals surface area (Å²) in [5, 5.41) is 5.61. The number of urea groups is 1. The molecule has 1 aliphatic rings. The van der Waals surface area contributed by atoms with Crippen molar-refractivity contribution < 1.29 is 14.3 Å². The van der Waals surface area contributed by atoms with E-state index in [1.165, 1.54) is 24.0 Å². The van der Waals surface area contributed by atoms with Crippen LogP contribution in [0.4, 0.5) is 4.79 Å². The van der Waals surface area contributed by atoms with E-state index in [1.54, 1.807) is 13.8 Å². The molecule has 5 heteroatoms. The minimum Gasteiger partial charge on any atom is -0.463 e. The van der Waals surface area contributed by atoms with Gasteiger partial charge in [0.05, 0.1) is 18.6 Å². The van der Waals surface area contributed by atoms with Crippen LogP contribution < -0.4 is 10.6 Å². The maximum Gasteiger partial charge on any atom is 0.315 e. The van der Waals surface area contributed by atoms with Crippen LogP contribution in [0.5, 0.6) is 0 Å². The Labute approximate surface area is 144 Å². The number of aryl methyl sites for hydroxylation is 2. The highest BCUT2D eigenvalue weighted by molar-refractivity contribution is 5.75. The zero-order valence-corrected chi connectivity index (χ0v) is 14.9. The van der Waals surface area contributed by atoms with Crippen LogP contribution in [-0.2, 0) is 22.4 Å². The topological polar surface area (TPSA) is 67.4 Å². The van der Waals surface area contributed by atoms with Gasteiger partial charge in [-0.05, 0) is 63.1 Å². The number of hydrogen-bond donors (Lipinski definition) is 2. The summed E-state index contributed by atoms with van der Waals surface area (Å²) in [4.78, 5) is 23.4. The molecule has 0 fully saturated rings. The minimum atomic E-state index is -0.298. The normalized spacial score (nSPS) is 14.7. The molecular weight excluding hydrogens is 304 g/mol. The molecule has 1 unspecified atom stereocenters. The predicted molar refractivity (Wildman–Crippen MR) is 93.9 cm³/mol. The van der Waals surface area contributed by atoms with E-state index in [0.717, 1.165) is 18.4 Å². The summed E-state index contributed by atoms with van der Waals surface area (Å²) in [7, 11) is 0. The molecule has 0 saturated heterocycles.